The number of carbonyl (C=O) groups excluding carboxylic acids is 1. The molecule has 0 fully saturated rings. The molecule has 3 aromatic heterocycles. The Morgan fingerprint density at radius 3 is 2.73 bits per heavy atom. The van der Waals surface area contributed by atoms with Crippen molar-refractivity contribution in [3.8, 4) is 11.9 Å². The van der Waals surface area contributed by atoms with E-state index in [-0.39, 0.29) is 17.7 Å². The van der Waals surface area contributed by atoms with Gasteiger partial charge in [0.2, 0.25) is 11.8 Å². The quantitative estimate of drug-likeness (QED) is 0.499. The van der Waals surface area contributed by atoms with Crippen LogP contribution >= 0.6 is 0 Å². The molecule has 0 aliphatic heterocycles. The van der Waals surface area contributed by atoms with Gasteiger partial charge in [0.05, 0.1) is 25.0 Å². The van der Waals surface area contributed by atoms with E-state index < -0.39 is 0 Å². The smallest absolute Gasteiger partial charge is 0.336 e. The highest BCUT2D eigenvalue weighted by Crippen LogP contribution is 2.18. The maximum atomic E-state index is 11.2. The van der Waals surface area contributed by atoms with Gasteiger partial charge in [-0.2, -0.15) is 4.98 Å². The SMILES string of the molecule is CCCCOc1nc(N)c2ncc(Cc3ccc(OCCN(C)C(C)=O)nc3)n2n1. The standard InChI is InChI=1S/C20H27N7O3/c1-4-5-9-30-20-24-18(21)19-23-13-16(27(19)25-20)11-15-6-7-17(22-12-15)29-10-8-26(3)14(2)28/h6-7,12-13H,4-5,8-11H2,1-3H3,(H2,21,24,25). The van der Waals surface area contributed by atoms with Gasteiger partial charge in [0.25, 0.3) is 0 Å². The minimum absolute atomic E-state index is 0.00157. The van der Waals surface area contributed by atoms with Gasteiger partial charge in [-0.3, -0.25) is 4.79 Å². The average Bonchev–Trinajstić information content (AvgIpc) is 3.12. The number of unbranched alkanes of at least 4 members (excludes halogenated alkanes) is 1. The first kappa shape index (κ1) is 21.3. The van der Waals surface area contributed by atoms with Crippen molar-refractivity contribution < 1.29 is 14.3 Å². The maximum Gasteiger partial charge on any atom is 0.336 e. The fraction of sp³-hybridized carbons (Fsp3) is 0.450. The van der Waals surface area contributed by atoms with Crippen LogP contribution in [0, 0.1) is 0 Å². The summed E-state index contributed by atoms with van der Waals surface area (Å²) in [5, 5.41) is 4.42. The van der Waals surface area contributed by atoms with Gasteiger partial charge in [-0.25, -0.2) is 14.5 Å². The monoisotopic (exact) mass is 413 g/mol. The number of fused-ring (bicyclic) bond motifs is 1. The van der Waals surface area contributed by atoms with Crippen LogP contribution in [0.15, 0.2) is 24.5 Å². The second-order valence-electron chi connectivity index (χ2n) is 6.94. The molecule has 30 heavy (non-hydrogen) atoms. The highest BCUT2D eigenvalue weighted by molar-refractivity contribution is 5.72. The molecule has 3 heterocycles. The number of rotatable bonds is 10. The lowest BCUT2D eigenvalue weighted by molar-refractivity contribution is -0.127. The van der Waals surface area contributed by atoms with Crippen LogP contribution in [0.2, 0.25) is 0 Å². The molecule has 1 amide bonds. The first-order valence-electron chi connectivity index (χ1n) is 9.90. The number of aromatic nitrogens is 5. The van der Waals surface area contributed by atoms with E-state index >= 15 is 0 Å². The molecular formula is C20H27N7O3. The van der Waals surface area contributed by atoms with Gasteiger partial charge in [0, 0.05) is 32.7 Å². The van der Waals surface area contributed by atoms with Gasteiger partial charge in [-0.1, -0.05) is 19.4 Å². The first-order chi connectivity index (χ1) is 14.5. The summed E-state index contributed by atoms with van der Waals surface area (Å²) >= 11 is 0. The summed E-state index contributed by atoms with van der Waals surface area (Å²) in [5.41, 5.74) is 8.32. The van der Waals surface area contributed by atoms with Gasteiger partial charge >= 0.3 is 6.01 Å². The Bertz CT molecular complexity index is 988. The Morgan fingerprint density at radius 1 is 1.20 bits per heavy atom. The zero-order valence-corrected chi connectivity index (χ0v) is 17.5. The Balaban J connectivity index is 1.66. The van der Waals surface area contributed by atoms with Gasteiger partial charge in [0.1, 0.15) is 6.61 Å². The molecule has 160 valence electrons. The number of nitrogens with zero attached hydrogens (tertiary/aromatic N) is 6. The molecule has 0 aliphatic rings. The van der Waals surface area contributed by atoms with Crippen molar-refractivity contribution in [1.29, 1.82) is 0 Å². The van der Waals surface area contributed by atoms with Crippen LogP contribution in [-0.2, 0) is 11.2 Å². The first-order valence-corrected chi connectivity index (χ1v) is 9.90. The van der Waals surface area contributed by atoms with E-state index in [1.807, 2.05) is 6.07 Å². The summed E-state index contributed by atoms with van der Waals surface area (Å²) in [5.74, 6) is 0.783. The molecule has 10 heteroatoms. The summed E-state index contributed by atoms with van der Waals surface area (Å²) in [7, 11) is 1.73. The number of likely N-dealkylation sites (N-methyl/N-ethyl adjacent to an activating group) is 1. The Labute approximate surface area is 175 Å². The number of nitrogen functional groups attached to an aromatic ring is 1. The number of amides is 1. The van der Waals surface area contributed by atoms with Gasteiger partial charge in [-0.15, -0.1) is 5.10 Å². The molecule has 0 saturated carbocycles. The minimum Gasteiger partial charge on any atom is -0.476 e. The topological polar surface area (TPSA) is 121 Å². The van der Waals surface area contributed by atoms with Crippen LogP contribution in [0.3, 0.4) is 0 Å². The highest BCUT2D eigenvalue weighted by atomic mass is 16.5. The van der Waals surface area contributed by atoms with E-state index in [1.54, 1.807) is 34.9 Å². The molecule has 2 N–H and O–H groups in total. The minimum atomic E-state index is -0.00157. The van der Waals surface area contributed by atoms with E-state index in [4.69, 9.17) is 15.2 Å². The van der Waals surface area contributed by atoms with Crippen LogP contribution in [-0.4, -0.2) is 62.2 Å². The van der Waals surface area contributed by atoms with Gasteiger partial charge < -0.3 is 20.1 Å². The molecule has 3 aromatic rings. The van der Waals surface area contributed by atoms with E-state index in [0.29, 0.717) is 37.7 Å². The van der Waals surface area contributed by atoms with E-state index in [9.17, 15) is 4.79 Å². The fourth-order valence-corrected chi connectivity index (χ4v) is 2.67. The molecule has 0 aromatic carbocycles. The van der Waals surface area contributed by atoms with Crippen molar-refractivity contribution in [1.82, 2.24) is 29.5 Å². The van der Waals surface area contributed by atoms with Crippen LogP contribution in [0.1, 0.15) is 37.9 Å². The second kappa shape index (κ2) is 9.86. The van der Waals surface area contributed by atoms with E-state index in [0.717, 1.165) is 24.1 Å². The van der Waals surface area contributed by atoms with Gasteiger partial charge in [-0.05, 0) is 12.0 Å². The molecule has 0 bridgehead atoms. The van der Waals surface area contributed by atoms with Crippen molar-refractivity contribution in [3.05, 3.63) is 35.8 Å². The van der Waals surface area contributed by atoms with Gasteiger partial charge in [0.15, 0.2) is 11.5 Å². The number of pyridine rings is 1. The molecule has 0 unspecified atom stereocenters. The predicted molar refractivity (Wildman–Crippen MR) is 111 cm³/mol. The molecule has 0 saturated heterocycles. The third kappa shape index (κ3) is 5.34. The molecule has 10 nitrogen and oxygen atoms in total. The zero-order valence-electron chi connectivity index (χ0n) is 17.5. The van der Waals surface area contributed by atoms with E-state index in [1.165, 1.54) is 6.92 Å². The van der Waals surface area contributed by atoms with Crippen LogP contribution < -0.4 is 15.2 Å². The maximum absolute atomic E-state index is 11.2. The number of hydrogen-bond donors (Lipinski definition) is 1. The van der Waals surface area contributed by atoms with Crippen molar-refractivity contribution in [2.45, 2.75) is 33.1 Å². The fourth-order valence-electron chi connectivity index (χ4n) is 2.67. The summed E-state index contributed by atoms with van der Waals surface area (Å²) in [6.45, 7) is 5.03. The summed E-state index contributed by atoms with van der Waals surface area (Å²) in [6.07, 6.45) is 5.97. The second-order valence-corrected chi connectivity index (χ2v) is 6.94. The summed E-state index contributed by atoms with van der Waals surface area (Å²) in [6, 6.07) is 3.97. The number of hydrogen-bond acceptors (Lipinski definition) is 8. The third-order valence-corrected chi connectivity index (χ3v) is 4.57. The predicted octanol–water partition coefficient (Wildman–Crippen LogP) is 1.73. The molecule has 0 atom stereocenters. The molecule has 0 spiro atoms. The third-order valence-electron chi connectivity index (χ3n) is 4.57. The Hall–Kier alpha value is -3.43. The largest absolute Gasteiger partial charge is 0.476 e. The van der Waals surface area contributed by atoms with Crippen molar-refractivity contribution in [2.24, 2.45) is 0 Å². The number of anilines is 1. The Kier molecular flexibility index (Phi) is 6.99. The zero-order chi connectivity index (χ0) is 21.5. The number of imidazole rings is 1. The summed E-state index contributed by atoms with van der Waals surface area (Å²) < 4.78 is 12.8. The number of carbonyl (C=O) groups is 1. The van der Waals surface area contributed by atoms with Crippen molar-refractivity contribution in [2.75, 3.05) is 32.5 Å². The van der Waals surface area contributed by atoms with Crippen molar-refractivity contribution in [3.63, 3.8) is 0 Å². The average molecular weight is 413 g/mol. The molecular weight excluding hydrogens is 386 g/mol. The lowest BCUT2D eigenvalue weighted by atomic mass is 10.2. The lowest BCUT2D eigenvalue weighted by Crippen LogP contribution is -2.28. The van der Waals surface area contributed by atoms with Crippen LogP contribution in [0.5, 0.6) is 11.9 Å². The molecule has 3 rings (SSSR count). The Morgan fingerprint density at radius 2 is 2.03 bits per heavy atom. The van der Waals surface area contributed by atoms with E-state index in [2.05, 4.69) is 27.0 Å². The molecule has 0 radical (unpaired) electrons. The number of ether oxygens (including phenoxy) is 2. The normalized spacial score (nSPS) is 10.9. The highest BCUT2D eigenvalue weighted by Gasteiger charge is 2.13. The molecule has 0 aliphatic carbocycles. The lowest BCUT2D eigenvalue weighted by Gasteiger charge is -2.14. The van der Waals surface area contributed by atoms with Crippen LogP contribution in [0.25, 0.3) is 5.65 Å². The van der Waals surface area contributed by atoms with Crippen molar-refractivity contribution >= 4 is 17.4 Å². The number of nitrogens with two attached hydrogens (primary N) is 1. The van der Waals surface area contributed by atoms with Crippen LogP contribution in [0.4, 0.5) is 5.82 Å². The summed E-state index contributed by atoms with van der Waals surface area (Å²) in [4.78, 5) is 25.6.